The third kappa shape index (κ3) is 1.27. The predicted molar refractivity (Wildman–Crippen MR) is 74.0 cm³/mol. The van der Waals surface area contributed by atoms with Crippen molar-refractivity contribution in [1.82, 2.24) is 4.98 Å². The van der Waals surface area contributed by atoms with E-state index in [9.17, 15) is 0 Å². The fourth-order valence-electron chi connectivity index (χ4n) is 2.36. The van der Waals surface area contributed by atoms with Crippen LogP contribution in [-0.4, -0.2) is 4.98 Å². The van der Waals surface area contributed by atoms with Crippen LogP contribution in [-0.2, 0) is 0 Å². The summed E-state index contributed by atoms with van der Waals surface area (Å²) in [5, 5.41) is 4.96. The summed E-state index contributed by atoms with van der Waals surface area (Å²) in [5.41, 5.74) is 1.67. The van der Waals surface area contributed by atoms with Gasteiger partial charge < -0.3 is 4.42 Å². The number of furan rings is 1. The smallest absolute Gasteiger partial charge is 0.136 e. The molecule has 0 N–H and O–H groups in total. The normalized spacial score (nSPS) is 11.6. The summed E-state index contributed by atoms with van der Waals surface area (Å²) >= 11 is 6.26. The Labute approximate surface area is 108 Å². The van der Waals surface area contributed by atoms with Crippen LogP contribution in [0.25, 0.3) is 32.7 Å². The van der Waals surface area contributed by atoms with Crippen LogP contribution >= 0.6 is 11.6 Å². The molecule has 0 aliphatic carbocycles. The molecule has 0 unspecified atom stereocenters. The quantitative estimate of drug-likeness (QED) is 0.450. The minimum absolute atomic E-state index is 0.722. The molecule has 0 fully saturated rings. The van der Waals surface area contributed by atoms with Gasteiger partial charge in [0.2, 0.25) is 0 Å². The molecule has 86 valence electrons. The van der Waals surface area contributed by atoms with Gasteiger partial charge in [-0.2, -0.15) is 0 Å². The Morgan fingerprint density at radius 1 is 1.00 bits per heavy atom. The van der Waals surface area contributed by atoms with Gasteiger partial charge in [-0.25, -0.2) is 0 Å². The predicted octanol–water partition coefficient (Wildman–Crippen LogP) is 4.79. The summed E-state index contributed by atoms with van der Waals surface area (Å²) in [6, 6.07) is 11.8. The fourth-order valence-corrected chi connectivity index (χ4v) is 2.63. The van der Waals surface area contributed by atoms with Crippen molar-refractivity contribution in [3.63, 3.8) is 0 Å². The SMILES string of the molecule is Clc1cccc2oc3cc4cnccc4cc3c12. The first kappa shape index (κ1) is 9.92. The molecule has 0 saturated carbocycles. The first-order valence-electron chi connectivity index (χ1n) is 5.67. The van der Waals surface area contributed by atoms with Crippen LogP contribution in [0.15, 0.2) is 53.2 Å². The zero-order valence-electron chi connectivity index (χ0n) is 9.35. The molecule has 3 heteroatoms. The average Bonchev–Trinajstić information content (AvgIpc) is 2.74. The molecule has 0 spiro atoms. The van der Waals surface area contributed by atoms with Gasteiger partial charge in [0.05, 0.1) is 5.02 Å². The van der Waals surface area contributed by atoms with Gasteiger partial charge in [0.1, 0.15) is 11.2 Å². The molecule has 0 saturated heterocycles. The Bertz CT molecular complexity index is 895. The third-order valence-electron chi connectivity index (χ3n) is 3.20. The first-order chi connectivity index (χ1) is 8.83. The highest BCUT2D eigenvalue weighted by Gasteiger charge is 2.10. The molecule has 2 heterocycles. The van der Waals surface area contributed by atoms with Crippen molar-refractivity contribution >= 4 is 44.3 Å². The standard InChI is InChI=1S/C15H8ClNO/c16-12-2-1-3-13-15(12)11-6-9-4-5-17-8-10(9)7-14(11)18-13/h1-8H. The van der Waals surface area contributed by atoms with E-state index in [1.54, 1.807) is 6.20 Å². The molecule has 2 aromatic heterocycles. The van der Waals surface area contributed by atoms with Crippen molar-refractivity contribution in [3.8, 4) is 0 Å². The van der Waals surface area contributed by atoms with Crippen LogP contribution in [0.2, 0.25) is 5.02 Å². The Balaban J connectivity index is 2.29. The van der Waals surface area contributed by atoms with E-state index in [-0.39, 0.29) is 0 Å². The average molecular weight is 254 g/mol. The Morgan fingerprint density at radius 2 is 1.94 bits per heavy atom. The summed E-state index contributed by atoms with van der Waals surface area (Å²) in [4.78, 5) is 4.12. The number of rotatable bonds is 0. The van der Waals surface area contributed by atoms with Crippen molar-refractivity contribution in [2.24, 2.45) is 0 Å². The van der Waals surface area contributed by atoms with Gasteiger partial charge >= 0.3 is 0 Å². The topological polar surface area (TPSA) is 26.0 Å². The van der Waals surface area contributed by atoms with Crippen LogP contribution in [0, 0.1) is 0 Å². The number of halogens is 1. The second-order valence-corrected chi connectivity index (χ2v) is 4.69. The molecule has 2 aromatic carbocycles. The number of pyridine rings is 1. The Hall–Kier alpha value is -2.06. The van der Waals surface area contributed by atoms with Crippen molar-refractivity contribution in [2.45, 2.75) is 0 Å². The molecule has 18 heavy (non-hydrogen) atoms. The number of nitrogens with zero attached hydrogens (tertiary/aromatic N) is 1. The lowest BCUT2D eigenvalue weighted by molar-refractivity contribution is 0.669. The highest BCUT2D eigenvalue weighted by atomic mass is 35.5. The molecule has 4 rings (SSSR count). The summed E-state index contributed by atoms with van der Waals surface area (Å²) in [6.45, 7) is 0. The molecule has 0 bridgehead atoms. The third-order valence-corrected chi connectivity index (χ3v) is 3.52. The monoisotopic (exact) mass is 253 g/mol. The maximum absolute atomic E-state index is 6.26. The van der Waals surface area contributed by atoms with E-state index in [0.717, 1.165) is 37.7 Å². The van der Waals surface area contributed by atoms with Gasteiger partial charge in [-0.1, -0.05) is 17.7 Å². The van der Waals surface area contributed by atoms with Gasteiger partial charge in [0, 0.05) is 28.6 Å². The second kappa shape index (κ2) is 3.47. The van der Waals surface area contributed by atoms with E-state index in [1.165, 1.54) is 0 Å². The number of hydrogen-bond acceptors (Lipinski definition) is 2. The molecule has 2 nitrogen and oxygen atoms in total. The maximum atomic E-state index is 6.26. The molecule has 0 radical (unpaired) electrons. The van der Waals surface area contributed by atoms with E-state index >= 15 is 0 Å². The van der Waals surface area contributed by atoms with Crippen LogP contribution in [0.3, 0.4) is 0 Å². The Kier molecular flexibility index (Phi) is 1.91. The molecule has 4 aromatic rings. The highest BCUT2D eigenvalue weighted by molar-refractivity contribution is 6.37. The van der Waals surface area contributed by atoms with Crippen LogP contribution in [0.1, 0.15) is 0 Å². The lowest BCUT2D eigenvalue weighted by Crippen LogP contribution is -1.75. The zero-order chi connectivity index (χ0) is 12.1. The molecular formula is C15H8ClNO. The summed E-state index contributed by atoms with van der Waals surface area (Å²) in [5.74, 6) is 0. The molecule has 0 atom stereocenters. The fraction of sp³-hybridized carbons (Fsp3) is 0. The van der Waals surface area contributed by atoms with Crippen molar-refractivity contribution < 1.29 is 4.42 Å². The summed E-state index contributed by atoms with van der Waals surface area (Å²) in [6.07, 6.45) is 3.63. The maximum Gasteiger partial charge on any atom is 0.136 e. The van der Waals surface area contributed by atoms with Gasteiger partial charge in [-0.05, 0) is 35.7 Å². The summed E-state index contributed by atoms with van der Waals surface area (Å²) < 4.78 is 5.83. The van der Waals surface area contributed by atoms with Crippen LogP contribution in [0.5, 0.6) is 0 Å². The van der Waals surface area contributed by atoms with Crippen molar-refractivity contribution in [3.05, 3.63) is 53.8 Å². The number of hydrogen-bond donors (Lipinski definition) is 0. The van der Waals surface area contributed by atoms with Gasteiger partial charge in [-0.3, -0.25) is 4.98 Å². The van der Waals surface area contributed by atoms with E-state index in [2.05, 4.69) is 11.1 Å². The van der Waals surface area contributed by atoms with Crippen LogP contribution in [0.4, 0.5) is 0 Å². The number of benzene rings is 2. The lowest BCUT2D eigenvalue weighted by Gasteiger charge is -1.97. The minimum Gasteiger partial charge on any atom is -0.456 e. The molecular weight excluding hydrogens is 246 g/mol. The summed E-state index contributed by atoms with van der Waals surface area (Å²) in [7, 11) is 0. The lowest BCUT2D eigenvalue weighted by atomic mass is 10.1. The Morgan fingerprint density at radius 3 is 2.89 bits per heavy atom. The van der Waals surface area contributed by atoms with Crippen molar-refractivity contribution in [1.29, 1.82) is 0 Å². The van der Waals surface area contributed by atoms with E-state index in [4.69, 9.17) is 16.0 Å². The van der Waals surface area contributed by atoms with Gasteiger partial charge in [0.15, 0.2) is 0 Å². The van der Waals surface area contributed by atoms with E-state index in [0.29, 0.717) is 0 Å². The number of fused-ring (bicyclic) bond motifs is 4. The first-order valence-corrected chi connectivity index (χ1v) is 6.05. The minimum atomic E-state index is 0.722. The van der Waals surface area contributed by atoms with Gasteiger partial charge in [0.25, 0.3) is 0 Å². The highest BCUT2D eigenvalue weighted by Crippen LogP contribution is 2.35. The van der Waals surface area contributed by atoms with Gasteiger partial charge in [-0.15, -0.1) is 0 Å². The van der Waals surface area contributed by atoms with Crippen LogP contribution < -0.4 is 0 Å². The van der Waals surface area contributed by atoms with E-state index in [1.807, 2.05) is 36.5 Å². The molecule has 0 aliphatic heterocycles. The molecule has 0 amide bonds. The zero-order valence-corrected chi connectivity index (χ0v) is 10.1. The number of aromatic nitrogens is 1. The second-order valence-electron chi connectivity index (χ2n) is 4.29. The van der Waals surface area contributed by atoms with E-state index < -0.39 is 0 Å². The van der Waals surface area contributed by atoms with Crippen molar-refractivity contribution in [2.75, 3.05) is 0 Å². The molecule has 0 aliphatic rings. The largest absolute Gasteiger partial charge is 0.456 e.